The highest BCUT2D eigenvalue weighted by Gasteiger charge is 2.15. The smallest absolute Gasteiger partial charge is 0.0683 e. The number of para-hydroxylation sites is 1. The Morgan fingerprint density at radius 2 is 2.12 bits per heavy atom. The molecule has 2 N–H and O–H groups in total. The van der Waals surface area contributed by atoms with Gasteiger partial charge in [-0.2, -0.15) is 5.26 Å². The van der Waals surface area contributed by atoms with Crippen molar-refractivity contribution in [1.82, 2.24) is 0 Å². The summed E-state index contributed by atoms with van der Waals surface area (Å²) in [6, 6.07) is 8.45. The number of nitrogen functional groups attached to an aromatic ring is 1. The Morgan fingerprint density at radius 3 is 2.76 bits per heavy atom. The van der Waals surface area contributed by atoms with E-state index in [-0.39, 0.29) is 5.41 Å². The first-order valence-corrected chi connectivity index (χ1v) is 6.84. The summed E-state index contributed by atoms with van der Waals surface area (Å²) >= 11 is 1.78. The quantitative estimate of drug-likeness (QED) is 0.487. The van der Waals surface area contributed by atoms with Gasteiger partial charge in [-0.25, -0.2) is 0 Å². The zero-order valence-corrected chi connectivity index (χ0v) is 11.6. The number of aryl methyl sites for hydroxylation is 1. The van der Waals surface area contributed by atoms with Crippen LogP contribution in [0.4, 0.5) is 5.69 Å². The van der Waals surface area contributed by atoms with Gasteiger partial charge in [0.25, 0.3) is 0 Å². The van der Waals surface area contributed by atoms with E-state index in [1.807, 2.05) is 32.9 Å². The molecule has 1 rings (SSSR count). The van der Waals surface area contributed by atoms with Gasteiger partial charge in [-0.05, 0) is 51.0 Å². The number of benzene rings is 1. The lowest BCUT2D eigenvalue weighted by molar-refractivity contribution is 0.448. The largest absolute Gasteiger partial charge is 0.398 e. The third kappa shape index (κ3) is 4.32. The predicted octanol–water partition coefficient (Wildman–Crippen LogP) is 4.00. The van der Waals surface area contributed by atoms with Gasteiger partial charge in [0.2, 0.25) is 0 Å². The number of nitrogens with zero attached hydrogens (tertiary/aromatic N) is 1. The second kappa shape index (κ2) is 5.97. The second-order valence-electron chi connectivity index (χ2n) is 4.93. The van der Waals surface area contributed by atoms with E-state index in [9.17, 15) is 0 Å². The van der Waals surface area contributed by atoms with E-state index < -0.39 is 0 Å². The van der Waals surface area contributed by atoms with Crippen molar-refractivity contribution in [1.29, 1.82) is 5.26 Å². The molecule has 17 heavy (non-hydrogen) atoms. The van der Waals surface area contributed by atoms with Gasteiger partial charge in [0, 0.05) is 10.6 Å². The maximum atomic E-state index is 8.91. The van der Waals surface area contributed by atoms with Gasteiger partial charge >= 0.3 is 0 Å². The maximum Gasteiger partial charge on any atom is 0.0683 e. The third-order valence-electron chi connectivity index (χ3n) is 2.79. The van der Waals surface area contributed by atoms with Crippen LogP contribution in [-0.2, 0) is 0 Å². The van der Waals surface area contributed by atoms with Crippen LogP contribution < -0.4 is 5.73 Å². The lowest BCUT2D eigenvalue weighted by Crippen LogP contribution is -2.07. The monoisotopic (exact) mass is 248 g/mol. The number of nitriles is 1. The molecular weight excluding hydrogens is 228 g/mol. The summed E-state index contributed by atoms with van der Waals surface area (Å²) < 4.78 is 0. The van der Waals surface area contributed by atoms with Crippen LogP contribution in [0.5, 0.6) is 0 Å². The minimum absolute atomic E-state index is 0.210. The molecular formula is C14H20N2S. The topological polar surface area (TPSA) is 49.8 Å². The second-order valence-corrected chi connectivity index (χ2v) is 6.07. The molecule has 3 heteroatoms. The van der Waals surface area contributed by atoms with Crippen LogP contribution in [0.3, 0.4) is 0 Å². The summed E-state index contributed by atoms with van der Waals surface area (Å²) in [5.74, 6) is 1.01. The van der Waals surface area contributed by atoms with E-state index in [0.717, 1.165) is 34.7 Å². The average Bonchev–Trinajstić information content (AvgIpc) is 2.30. The van der Waals surface area contributed by atoms with Crippen molar-refractivity contribution >= 4 is 17.4 Å². The molecule has 1 aromatic carbocycles. The molecule has 0 spiro atoms. The Bertz CT molecular complexity index is 419. The highest BCUT2D eigenvalue weighted by Crippen LogP contribution is 2.29. The normalized spacial score (nSPS) is 11.2. The fourth-order valence-electron chi connectivity index (χ4n) is 1.53. The SMILES string of the molecule is Cc1cccc(SCCCC(C)(C)C#N)c1N. The van der Waals surface area contributed by atoms with E-state index >= 15 is 0 Å². The number of thioether (sulfide) groups is 1. The Hall–Kier alpha value is -1.14. The molecule has 0 saturated carbocycles. The number of nitrogens with two attached hydrogens (primary N) is 1. The van der Waals surface area contributed by atoms with E-state index in [1.165, 1.54) is 0 Å². The van der Waals surface area contributed by atoms with Crippen LogP contribution in [0.2, 0.25) is 0 Å². The Labute approximate surface area is 108 Å². The maximum absolute atomic E-state index is 8.91. The molecule has 0 saturated heterocycles. The van der Waals surface area contributed by atoms with Crippen LogP contribution in [0.15, 0.2) is 23.1 Å². The molecule has 0 amide bonds. The molecule has 0 bridgehead atoms. The summed E-state index contributed by atoms with van der Waals surface area (Å²) in [5, 5.41) is 8.91. The van der Waals surface area contributed by atoms with Crippen molar-refractivity contribution in [3.8, 4) is 6.07 Å². The predicted molar refractivity (Wildman–Crippen MR) is 74.9 cm³/mol. The standard InChI is InChI=1S/C14H20N2S/c1-11-6-4-7-12(13(11)16)17-9-5-8-14(2,3)10-15/h4,6-7H,5,8-9,16H2,1-3H3. The van der Waals surface area contributed by atoms with E-state index in [1.54, 1.807) is 11.8 Å². The Kier molecular flexibility index (Phi) is 4.89. The molecule has 0 radical (unpaired) electrons. The molecule has 0 aliphatic rings. The van der Waals surface area contributed by atoms with Crippen LogP contribution in [-0.4, -0.2) is 5.75 Å². The van der Waals surface area contributed by atoms with Crippen molar-refractivity contribution in [3.63, 3.8) is 0 Å². The number of hydrogen-bond acceptors (Lipinski definition) is 3. The fourth-order valence-corrected chi connectivity index (χ4v) is 2.53. The first-order chi connectivity index (χ1) is 7.96. The summed E-state index contributed by atoms with van der Waals surface area (Å²) in [5.41, 5.74) is 7.81. The van der Waals surface area contributed by atoms with Gasteiger partial charge < -0.3 is 5.73 Å². The highest BCUT2D eigenvalue weighted by molar-refractivity contribution is 7.99. The van der Waals surface area contributed by atoms with Gasteiger partial charge in [-0.15, -0.1) is 11.8 Å². The van der Waals surface area contributed by atoms with E-state index in [2.05, 4.69) is 12.1 Å². The van der Waals surface area contributed by atoms with Crippen LogP contribution in [0.25, 0.3) is 0 Å². The Morgan fingerprint density at radius 1 is 1.41 bits per heavy atom. The number of rotatable bonds is 5. The van der Waals surface area contributed by atoms with Crippen molar-refractivity contribution in [3.05, 3.63) is 23.8 Å². The van der Waals surface area contributed by atoms with Crippen LogP contribution >= 0.6 is 11.8 Å². The molecule has 0 aliphatic heterocycles. The van der Waals surface area contributed by atoms with Gasteiger partial charge in [0.1, 0.15) is 0 Å². The highest BCUT2D eigenvalue weighted by atomic mass is 32.2. The van der Waals surface area contributed by atoms with E-state index in [4.69, 9.17) is 11.0 Å². The van der Waals surface area contributed by atoms with Gasteiger partial charge in [0.05, 0.1) is 11.5 Å². The summed E-state index contributed by atoms with van der Waals surface area (Å²) in [4.78, 5) is 1.15. The van der Waals surface area contributed by atoms with Gasteiger partial charge in [-0.1, -0.05) is 12.1 Å². The molecule has 1 aromatic rings. The van der Waals surface area contributed by atoms with Crippen molar-refractivity contribution in [2.24, 2.45) is 5.41 Å². The van der Waals surface area contributed by atoms with Crippen molar-refractivity contribution in [2.45, 2.75) is 38.5 Å². The van der Waals surface area contributed by atoms with E-state index in [0.29, 0.717) is 0 Å². The van der Waals surface area contributed by atoms with Crippen molar-refractivity contribution < 1.29 is 0 Å². The van der Waals surface area contributed by atoms with Gasteiger partial charge in [-0.3, -0.25) is 0 Å². The zero-order chi connectivity index (χ0) is 12.9. The average molecular weight is 248 g/mol. The zero-order valence-electron chi connectivity index (χ0n) is 10.8. The molecule has 0 fully saturated rings. The van der Waals surface area contributed by atoms with Crippen LogP contribution in [0, 0.1) is 23.7 Å². The number of anilines is 1. The molecule has 0 atom stereocenters. The number of hydrogen-bond donors (Lipinski definition) is 1. The Balaban J connectivity index is 2.42. The summed E-state index contributed by atoms with van der Waals surface area (Å²) in [7, 11) is 0. The summed E-state index contributed by atoms with van der Waals surface area (Å²) in [6.07, 6.45) is 1.97. The molecule has 0 aliphatic carbocycles. The minimum Gasteiger partial charge on any atom is -0.398 e. The lowest BCUT2D eigenvalue weighted by Gasteiger charge is -2.14. The lowest BCUT2D eigenvalue weighted by atomic mass is 9.90. The molecule has 0 aromatic heterocycles. The van der Waals surface area contributed by atoms with Crippen LogP contribution in [0.1, 0.15) is 32.3 Å². The fraction of sp³-hybridized carbons (Fsp3) is 0.500. The van der Waals surface area contributed by atoms with Gasteiger partial charge in [0.15, 0.2) is 0 Å². The first-order valence-electron chi connectivity index (χ1n) is 5.85. The van der Waals surface area contributed by atoms with Crippen molar-refractivity contribution in [2.75, 3.05) is 11.5 Å². The molecule has 0 unspecified atom stereocenters. The first kappa shape index (κ1) is 13.9. The molecule has 2 nitrogen and oxygen atoms in total. The summed E-state index contributed by atoms with van der Waals surface area (Å²) in [6.45, 7) is 6.00. The molecule has 0 heterocycles. The minimum atomic E-state index is -0.210. The molecule has 92 valence electrons. The third-order valence-corrected chi connectivity index (χ3v) is 3.95.